The van der Waals surface area contributed by atoms with Crippen LogP contribution < -0.4 is 10.5 Å². The molecule has 2 heterocycles. The molecule has 1 aliphatic heterocycles. The first-order chi connectivity index (χ1) is 13.7. The molecule has 0 unspecified atom stereocenters. The highest BCUT2D eigenvalue weighted by molar-refractivity contribution is 6.35. The molecule has 1 saturated heterocycles. The summed E-state index contributed by atoms with van der Waals surface area (Å²) in [5.41, 5.74) is 7.86. The van der Waals surface area contributed by atoms with Crippen LogP contribution >= 0.6 is 11.6 Å². The average molecular weight is 396 g/mol. The highest BCUT2D eigenvalue weighted by Crippen LogP contribution is 2.33. The number of likely N-dealkylation sites (tertiary alicyclic amines) is 1. The Morgan fingerprint density at radius 1 is 1.14 bits per heavy atom. The molecule has 1 fully saturated rings. The van der Waals surface area contributed by atoms with E-state index in [0.29, 0.717) is 35.9 Å². The third kappa shape index (κ3) is 3.68. The number of rotatable bonds is 5. The van der Waals surface area contributed by atoms with Gasteiger partial charge in [0.05, 0.1) is 5.02 Å². The van der Waals surface area contributed by atoms with E-state index < -0.39 is 0 Å². The maximum absolute atomic E-state index is 12.8. The monoisotopic (exact) mass is 395 g/mol. The summed E-state index contributed by atoms with van der Waals surface area (Å²) < 4.78 is 5.81. The number of hydrogen-bond donors (Lipinski definition) is 1. The summed E-state index contributed by atoms with van der Waals surface area (Å²) in [6.45, 7) is 1.83. The fourth-order valence-corrected chi connectivity index (χ4v) is 4.07. The molecule has 1 amide bonds. The molecule has 144 valence electrons. The molecule has 2 atom stereocenters. The maximum atomic E-state index is 12.8. The number of nitrogens with two attached hydrogens (primary N) is 1. The van der Waals surface area contributed by atoms with Crippen LogP contribution in [0.1, 0.15) is 11.5 Å². The molecule has 6 heteroatoms. The summed E-state index contributed by atoms with van der Waals surface area (Å²) in [4.78, 5) is 19.0. The van der Waals surface area contributed by atoms with Gasteiger partial charge in [0.2, 0.25) is 0 Å². The van der Waals surface area contributed by atoms with Gasteiger partial charge in [0.25, 0.3) is 5.91 Å². The molecule has 0 spiro atoms. The molecule has 2 aromatic carbocycles. The Morgan fingerprint density at radius 2 is 1.96 bits per heavy atom. The second-order valence-corrected chi connectivity index (χ2v) is 7.45. The lowest BCUT2D eigenvalue weighted by Gasteiger charge is -2.17. The Kier molecular flexibility index (Phi) is 5.46. The van der Waals surface area contributed by atoms with Gasteiger partial charge in [0.1, 0.15) is 11.3 Å². The number of aromatic nitrogens is 1. The SMILES string of the molecule is NC[C@@H]1CN(C(=O)COc2ccc(Cl)c3cccnc23)C[C@H]1c1ccccc1. The number of carbonyl (C=O) groups excluding carboxylic acids is 1. The third-order valence-corrected chi connectivity index (χ3v) is 5.68. The van der Waals surface area contributed by atoms with Crippen LogP contribution in [0.4, 0.5) is 0 Å². The first-order valence-corrected chi connectivity index (χ1v) is 9.74. The maximum Gasteiger partial charge on any atom is 0.260 e. The number of carbonyl (C=O) groups is 1. The molecule has 1 aromatic heterocycles. The van der Waals surface area contributed by atoms with Gasteiger partial charge in [0, 0.05) is 30.6 Å². The normalized spacial score (nSPS) is 19.1. The summed E-state index contributed by atoms with van der Waals surface area (Å²) >= 11 is 6.22. The van der Waals surface area contributed by atoms with Crippen molar-refractivity contribution in [3.63, 3.8) is 0 Å². The molecule has 1 aliphatic rings. The smallest absolute Gasteiger partial charge is 0.260 e. The van der Waals surface area contributed by atoms with E-state index in [0.717, 1.165) is 5.39 Å². The van der Waals surface area contributed by atoms with Gasteiger partial charge in [-0.1, -0.05) is 41.9 Å². The Balaban J connectivity index is 1.46. The highest BCUT2D eigenvalue weighted by Gasteiger charge is 2.35. The number of benzene rings is 2. The van der Waals surface area contributed by atoms with Crippen molar-refractivity contribution in [2.75, 3.05) is 26.2 Å². The Morgan fingerprint density at radius 3 is 2.75 bits per heavy atom. The largest absolute Gasteiger partial charge is 0.481 e. The van der Waals surface area contributed by atoms with Gasteiger partial charge < -0.3 is 15.4 Å². The summed E-state index contributed by atoms with van der Waals surface area (Å²) in [5, 5.41) is 1.42. The topological polar surface area (TPSA) is 68.5 Å². The minimum Gasteiger partial charge on any atom is -0.481 e. The van der Waals surface area contributed by atoms with Crippen LogP contribution in [-0.4, -0.2) is 42.0 Å². The van der Waals surface area contributed by atoms with Crippen LogP contribution in [0.3, 0.4) is 0 Å². The second-order valence-electron chi connectivity index (χ2n) is 7.05. The van der Waals surface area contributed by atoms with Crippen molar-refractivity contribution in [3.05, 3.63) is 71.4 Å². The minimum atomic E-state index is -0.0455. The quantitative estimate of drug-likeness (QED) is 0.718. The minimum absolute atomic E-state index is 0.0356. The van der Waals surface area contributed by atoms with Gasteiger partial charge in [0.15, 0.2) is 6.61 Å². The van der Waals surface area contributed by atoms with Gasteiger partial charge in [-0.3, -0.25) is 9.78 Å². The lowest BCUT2D eigenvalue weighted by atomic mass is 9.89. The van der Waals surface area contributed by atoms with Crippen molar-refractivity contribution in [2.45, 2.75) is 5.92 Å². The van der Waals surface area contributed by atoms with E-state index in [4.69, 9.17) is 22.1 Å². The predicted molar refractivity (Wildman–Crippen MR) is 111 cm³/mol. The molecule has 5 nitrogen and oxygen atoms in total. The van der Waals surface area contributed by atoms with E-state index in [1.54, 1.807) is 18.3 Å². The van der Waals surface area contributed by atoms with Gasteiger partial charge in [-0.15, -0.1) is 0 Å². The summed E-state index contributed by atoms with van der Waals surface area (Å²) in [5.74, 6) is 1.02. The molecule has 3 aromatic rings. The zero-order valence-electron chi connectivity index (χ0n) is 15.4. The highest BCUT2D eigenvalue weighted by atomic mass is 35.5. The van der Waals surface area contributed by atoms with E-state index in [1.165, 1.54) is 5.56 Å². The zero-order valence-corrected chi connectivity index (χ0v) is 16.2. The fraction of sp³-hybridized carbons (Fsp3) is 0.273. The predicted octanol–water partition coefficient (Wildman–Crippen LogP) is 3.47. The van der Waals surface area contributed by atoms with Gasteiger partial charge >= 0.3 is 0 Å². The van der Waals surface area contributed by atoms with Gasteiger partial charge in [-0.05, 0) is 42.3 Å². The lowest BCUT2D eigenvalue weighted by molar-refractivity contribution is -0.132. The number of halogens is 1. The van der Waals surface area contributed by atoms with Crippen molar-refractivity contribution in [1.29, 1.82) is 0 Å². The van der Waals surface area contributed by atoms with Crippen LogP contribution in [0.2, 0.25) is 5.02 Å². The number of fused-ring (bicyclic) bond motifs is 1. The Bertz CT molecular complexity index is 980. The number of nitrogens with zero attached hydrogens (tertiary/aromatic N) is 2. The number of hydrogen-bond acceptors (Lipinski definition) is 4. The molecule has 0 radical (unpaired) electrons. The number of amides is 1. The first-order valence-electron chi connectivity index (χ1n) is 9.36. The summed E-state index contributed by atoms with van der Waals surface area (Å²) in [6, 6.07) is 17.5. The summed E-state index contributed by atoms with van der Waals surface area (Å²) in [7, 11) is 0. The van der Waals surface area contributed by atoms with Crippen molar-refractivity contribution in [1.82, 2.24) is 9.88 Å². The van der Waals surface area contributed by atoms with Crippen LogP contribution in [0, 0.1) is 5.92 Å². The van der Waals surface area contributed by atoms with E-state index >= 15 is 0 Å². The Labute approximate surface area is 169 Å². The van der Waals surface area contributed by atoms with E-state index in [2.05, 4.69) is 17.1 Å². The average Bonchev–Trinajstić information content (AvgIpc) is 3.18. The van der Waals surface area contributed by atoms with Gasteiger partial charge in [-0.25, -0.2) is 0 Å². The third-order valence-electron chi connectivity index (χ3n) is 5.35. The van der Waals surface area contributed by atoms with Crippen molar-refractivity contribution < 1.29 is 9.53 Å². The van der Waals surface area contributed by atoms with Crippen molar-refractivity contribution >= 4 is 28.4 Å². The van der Waals surface area contributed by atoms with Crippen LogP contribution in [0.15, 0.2) is 60.8 Å². The first kappa shape index (κ1) is 18.7. The zero-order chi connectivity index (χ0) is 19.5. The molecule has 2 N–H and O–H groups in total. The lowest BCUT2D eigenvalue weighted by Crippen LogP contribution is -2.33. The molecule has 0 aliphatic carbocycles. The summed E-state index contributed by atoms with van der Waals surface area (Å²) in [6.07, 6.45) is 1.68. The standard InChI is InChI=1S/C22H22ClN3O2/c23-19-8-9-20(22-17(19)7-4-10-25-22)28-14-21(27)26-12-16(11-24)18(13-26)15-5-2-1-3-6-15/h1-10,16,18H,11-14,24H2/t16-,18+/m1/s1. The van der Waals surface area contributed by atoms with Crippen LogP contribution in [0.5, 0.6) is 5.75 Å². The molecular formula is C22H22ClN3O2. The Hall–Kier alpha value is -2.63. The van der Waals surface area contributed by atoms with Crippen molar-refractivity contribution in [2.24, 2.45) is 11.7 Å². The van der Waals surface area contributed by atoms with Crippen LogP contribution in [-0.2, 0) is 4.79 Å². The van der Waals surface area contributed by atoms with Crippen molar-refractivity contribution in [3.8, 4) is 5.75 Å². The van der Waals surface area contributed by atoms with Crippen LogP contribution in [0.25, 0.3) is 10.9 Å². The second kappa shape index (κ2) is 8.17. The fourth-order valence-electron chi connectivity index (χ4n) is 3.85. The molecular weight excluding hydrogens is 374 g/mol. The molecule has 0 bridgehead atoms. The molecule has 28 heavy (non-hydrogen) atoms. The molecule has 4 rings (SSSR count). The number of ether oxygens (including phenoxy) is 1. The number of pyridine rings is 1. The van der Waals surface area contributed by atoms with E-state index in [1.807, 2.05) is 35.2 Å². The van der Waals surface area contributed by atoms with Gasteiger partial charge in [-0.2, -0.15) is 0 Å². The molecule has 0 saturated carbocycles. The van der Waals surface area contributed by atoms with E-state index in [-0.39, 0.29) is 24.3 Å². The van der Waals surface area contributed by atoms with E-state index in [9.17, 15) is 4.79 Å².